The molecule has 5 atom stereocenters. The van der Waals surface area contributed by atoms with E-state index in [2.05, 4.69) is 16.7 Å². The normalized spacial score (nSPS) is 43.8. The molecule has 0 aromatic carbocycles. The van der Waals surface area contributed by atoms with Crippen LogP contribution in [0.5, 0.6) is 0 Å². The molecule has 0 aromatic heterocycles. The molecule has 1 saturated carbocycles. The Hall–Kier alpha value is -0.120. The fraction of sp³-hybridized carbons (Fsp3) is 1.00. The maximum atomic E-state index is 5.99. The van der Waals surface area contributed by atoms with E-state index < -0.39 is 0 Å². The summed E-state index contributed by atoms with van der Waals surface area (Å²) in [5, 5.41) is 0. The molecule has 2 heterocycles. The summed E-state index contributed by atoms with van der Waals surface area (Å²) in [6.45, 7) is 8.52. The first-order chi connectivity index (χ1) is 8.83. The number of rotatable bonds is 4. The van der Waals surface area contributed by atoms with Gasteiger partial charge in [0.15, 0.2) is 0 Å². The molecule has 2 bridgehead atoms. The van der Waals surface area contributed by atoms with E-state index in [0.29, 0.717) is 0 Å². The van der Waals surface area contributed by atoms with Crippen LogP contribution >= 0.6 is 0 Å². The third kappa shape index (κ3) is 2.21. The Bertz CT molecular complexity index is 281. The number of nitrogens with zero attached hydrogens (tertiary/aromatic N) is 2. The van der Waals surface area contributed by atoms with Gasteiger partial charge in [-0.15, -0.1) is 0 Å². The number of fused-ring (bicyclic) bond motifs is 2. The van der Waals surface area contributed by atoms with Crippen molar-refractivity contribution < 1.29 is 0 Å². The van der Waals surface area contributed by atoms with Crippen LogP contribution in [-0.2, 0) is 0 Å². The summed E-state index contributed by atoms with van der Waals surface area (Å²) >= 11 is 0. The lowest BCUT2D eigenvalue weighted by Crippen LogP contribution is -2.52. The third-order valence-electron chi connectivity index (χ3n) is 5.73. The van der Waals surface area contributed by atoms with Gasteiger partial charge in [0.2, 0.25) is 0 Å². The van der Waals surface area contributed by atoms with Gasteiger partial charge in [-0.3, -0.25) is 4.90 Å². The summed E-state index contributed by atoms with van der Waals surface area (Å²) in [5.74, 6) is 1.71. The van der Waals surface area contributed by atoms with Crippen LogP contribution in [0.1, 0.15) is 39.0 Å². The summed E-state index contributed by atoms with van der Waals surface area (Å²) in [5.41, 5.74) is 5.99. The van der Waals surface area contributed by atoms with Gasteiger partial charge in [-0.1, -0.05) is 13.3 Å². The monoisotopic (exact) mass is 251 g/mol. The Kier molecular flexibility index (Phi) is 3.92. The van der Waals surface area contributed by atoms with E-state index in [1.54, 1.807) is 0 Å². The first-order valence-corrected chi connectivity index (χ1v) is 8.01. The molecule has 0 amide bonds. The van der Waals surface area contributed by atoms with Gasteiger partial charge in [0.05, 0.1) is 0 Å². The molecule has 3 nitrogen and oxygen atoms in total. The molecular weight excluding hydrogens is 222 g/mol. The van der Waals surface area contributed by atoms with Crippen LogP contribution in [0.3, 0.4) is 0 Å². The largest absolute Gasteiger partial charge is 0.330 e. The molecule has 3 aliphatic rings. The van der Waals surface area contributed by atoms with Crippen LogP contribution in [0.2, 0.25) is 0 Å². The Morgan fingerprint density at radius 3 is 2.72 bits per heavy atom. The highest BCUT2D eigenvalue weighted by Crippen LogP contribution is 2.36. The van der Waals surface area contributed by atoms with Gasteiger partial charge in [-0.2, -0.15) is 0 Å². The van der Waals surface area contributed by atoms with E-state index >= 15 is 0 Å². The van der Waals surface area contributed by atoms with Gasteiger partial charge in [-0.05, 0) is 63.7 Å². The van der Waals surface area contributed by atoms with Crippen LogP contribution in [0.4, 0.5) is 0 Å². The van der Waals surface area contributed by atoms with Gasteiger partial charge < -0.3 is 10.6 Å². The molecule has 0 radical (unpaired) electrons. The summed E-state index contributed by atoms with van der Waals surface area (Å²) in [6.07, 6.45) is 6.98. The molecule has 0 spiro atoms. The highest BCUT2D eigenvalue weighted by atomic mass is 15.2. The minimum Gasteiger partial charge on any atom is -0.330 e. The first kappa shape index (κ1) is 12.9. The van der Waals surface area contributed by atoms with E-state index in [0.717, 1.165) is 30.5 Å². The minimum absolute atomic E-state index is 0.768. The molecule has 0 aromatic rings. The second kappa shape index (κ2) is 5.48. The summed E-state index contributed by atoms with van der Waals surface area (Å²) in [7, 11) is 0. The number of hydrogen-bond acceptors (Lipinski definition) is 3. The van der Waals surface area contributed by atoms with Crippen molar-refractivity contribution in [2.45, 2.75) is 51.1 Å². The molecule has 104 valence electrons. The average Bonchev–Trinajstić information content (AvgIpc) is 3.00. The summed E-state index contributed by atoms with van der Waals surface area (Å²) < 4.78 is 0. The van der Waals surface area contributed by atoms with E-state index in [-0.39, 0.29) is 0 Å². The van der Waals surface area contributed by atoms with Crippen LogP contribution in [0.25, 0.3) is 0 Å². The van der Waals surface area contributed by atoms with Crippen molar-refractivity contribution in [3.8, 4) is 0 Å². The van der Waals surface area contributed by atoms with Crippen LogP contribution in [-0.4, -0.2) is 54.6 Å². The number of hydrogen-bond donors (Lipinski definition) is 1. The molecule has 3 heteroatoms. The first-order valence-electron chi connectivity index (χ1n) is 8.01. The lowest BCUT2D eigenvalue weighted by molar-refractivity contribution is 0.0522. The predicted molar refractivity (Wildman–Crippen MR) is 75.5 cm³/mol. The van der Waals surface area contributed by atoms with Crippen molar-refractivity contribution in [3.63, 3.8) is 0 Å². The maximum absolute atomic E-state index is 5.99. The van der Waals surface area contributed by atoms with E-state index in [9.17, 15) is 0 Å². The fourth-order valence-corrected chi connectivity index (χ4v) is 4.81. The Morgan fingerprint density at radius 1 is 1.11 bits per heavy atom. The minimum atomic E-state index is 0.768. The summed E-state index contributed by atoms with van der Waals surface area (Å²) in [4.78, 5) is 5.50. The SMILES string of the molecule is CCN(C1CCCC1CN)C1CCN2CCC1C2. The van der Waals surface area contributed by atoms with Crippen molar-refractivity contribution >= 4 is 0 Å². The molecular formula is C15H29N3. The zero-order valence-corrected chi connectivity index (χ0v) is 11.9. The molecule has 3 fully saturated rings. The maximum Gasteiger partial charge on any atom is 0.0151 e. The molecule has 2 aliphatic heterocycles. The van der Waals surface area contributed by atoms with Gasteiger partial charge in [0.25, 0.3) is 0 Å². The molecule has 2 saturated heterocycles. The molecule has 18 heavy (non-hydrogen) atoms. The highest BCUT2D eigenvalue weighted by Gasteiger charge is 2.41. The second-order valence-electron chi connectivity index (χ2n) is 6.53. The van der Waals surface area contributed by atoms with E-state index in [1.165, 1.54) is 58.3 Å². The van der Waals surface area contributed by atoms with Gasteiger partial charge in [-0.25, -0.2) is 0 Å². The quantitative estimate of drug-likeness (QED) is 0.822. The van der Waals surface area contributed by atoms with Gasteiger partial charge >= 0.3 is 0 Å². The van der Waals surface area contributed by atoms with Crippen molar-refractivity contribution in [1.29, 1.82) is 0 Å². The number of nitrogens with two attached hydrogens (primary N) is 1. The topological polar surface area (TPSA) is 32.5 Å². The van der Waals surface area contributed by atoms with Crippen LogP contribution in [0.15, 0.2) is 0 Å². The average molecular weight is 251 g/mol. The standard InChI is InChI=1S/C15H29N3/c1-2-18(14-5-3-4-12(14)10-16)15-7-9-17-8-6-13(15)11-17/h12-15H,2-11,16H2,1H3. The molecule has 5 unspecified atom stereocenters. The Morgan fingerprint density at radius 2 is 1.94 bits per heavy atom. The lowest BCUT2D eigenvalue weighted by atomic mass is 9.89. The van der Waals surface area contributed by atoms with Crippen molar-refractivity contribution in [2.24, 2.45) is 17.6 Å². The van der Waals surface area contributed by atoms with Crippen LogP contribution < -0.4 is 5.73 Å². The second-order valence-corrected chi connectivity index (χ2v) is 6.53. The molecule has 1 aliphatic carbocycles. The van der Waals surface area contributed by atoms with Crippen molar-refractivity contribution in [3.05, 3.63) is 0 Å². The Balaban J connectivity index is 1.71. The lowest BCUT2D eigenvalue weighted by Gasteiger charge is -2.43. The smallest absolute Gasteiger partial charge is 0.0151 e. The highest BCUT2D eigenvalue weighted by molar-refractivity contribution is 4.96. The number of piperidine rings is 1. The molecule has 2 N–H and O–H groups in total. The van der Waals surface area contributed by atoms with Crippen molar-refractivity contribution in [2.75, 3.05) is 32.7 Å². The van der Waals surface area contributed by atoms with Gasteiger partial charge in [0, 0.05) is 18.6 Å². The predicted octanol–water partition coefficient (Wildman–Crippen LogP) is 1.53. The fourth-order valence-electron chi connectivity index (χ4n) is 4.81. The zero-order chi connectivity index (χ0) is 12.5. The molecule has 3 rings (SSSR count). The van der Waals surface area contributed by atoms with Crippen LogP contribution in [0, 0.1) is 11.8 Å². The third-order valence-corrected chi connectivity index (χ3v) is 5.73. The van der Waals surface area contributed by atoms with Crippen molar-refractivity contribution in [1.82, 2.24) is 9.80 Å². The summed E-state index contributed by atoms with van der Waals surface area (Å²) in [6, 6.07) is 1.64. The van der Waals surface area contributed by atoms with E-state index in [1.807, 2.05) is 0 Å². The zero-order valence-electron chi connectivity index (χ0n) is 11.9. The van der Waals surface area contributed by atoms with Gasteiger partial charge in [0.1, 0.15) is 0 Å². The van der Waals surface area contributed by atoms with E-state index in [4.69, 9.17) is 5.73 Å². The Labute approximate surface area is 112 Å².